The van der Waals surface area contributed by atoms with E-state index in [1.165, 1.54) is 37.6 Å². The number of nitrogens with one attached hydrogen (secondary N) is 2. The highest BCUT2D eigenvalue weighted by molar-refractivity contribution is 7.89. The van der Waals surface area contributed by atoms with Crippen molar-refractivity contribution in [2.75, 3.05) is 39.0 Å². The Morgan fingerprint density at radius 1 is 1.16 bits per heavy atom. The second-order valence-corrected chi connectivity index (χ2v) is 11.2. The molecule has 1 aliphatic heterocycles. The minimum Gasteiger partial charge on any atom is -0.349 e. The van der Waals surface area contributed by atoms with Crippen LogP contribution in [0.5, 0.6) is 0 Å². The fourth-order valence-corrected chi connectivity index (χ4v) is 5.12. The maximum Gasteiger partial charge on any atom is 0.261 e. The lowest BCUT2D eigenvalue weighted by Crippen LogP contribution is -2.46. The van der Waals surface area contributed by atoms with Crippen LogP contribution < -0.4 is 10.6 Å². The Kier molecular flexibility index (Phi) is 7.47. The monoisotopic (exact) mass is 464 g/mol. The average Bonchev–Trinajstić information content (AvgIpc) is 3.16. The van der Waals surface area contributed by atoms with Gasteiger partial charge in [-0.3, -0.25) is 14.5 Å². The molecular weight excluding hydrogens is 436 g/mol. The number of carbonyl (C=O) groups excluding carboxylic acids is 2. The van der Waals surface area contributed by atoms with Crippen LogP contribution in [0.4, 0.5) is 5.69 Å². The van der Waals surface area contributed by atoms with Crippen LogP contribution in [-0.4, -0.2) is 69.2 Å². The number of benzene rings is 1. The summed E-state index contributed by atoms with van der Waals surface area (Å²) >= 11 is 1.48. The molecule has 0 spiro atoms. The summed E-state index contributed by atoms with van der Waals surface area (Å²) in [5, 5.41) is 5.85. The molecule has 0 aliphatic carbocycles. The number of amides is 2. The molecule has 0 saturated carbocycles. The first-order valence-electron chi connectivity index (χ1n) is 10.1. The number of anilines is 1. The van der Waals surface area contributed by atoms with E-state index in [0.29, 0.717) is 18.8 Å². The van der Waals surface area contributed by atoms with E-state index < -0.39 is 10.0 Å². The summed E-state index contributed by atoms with van der Waals surface area (Å²) in [5.74, 6) is -0.238. The third-order valence-electron chi connectivity index (χ3n) is 5.15. The van der Waals surface area contributed by atoms with E-state index in [0.717, 1.165) is 26.9 Å². The van der Waals surface area contributed by atoms with Crippen LogP contribution in [0.15, 0.2) is 41.3 Å². The highest BCUT2D eigenvalue weighted by Crippen LogP contribution is 2.19. The lowest BCUT2D eigenvalue weighted by atomic mass is 10.0. The Labute approximate surface area is 187 Å². The van der Waals surface area contributed by atoms with E-state index in [2.05, 4.69) is 10.6 Å². The molecule has 2 N–H and O–H groups in total. The summed E-state index contributed by atoms with van der Waals surface area (Å²) in [4.78, 5) is 28.7. The molecule has 0 atom stereocenters. The fourth-order valence-electron chi connectivity index (χ4n) is 3.40. The third kappa shape index (κ3) is 6.13. The molecule has 1 saturated heterocycles. The van der Waals surface area contributed by atoms with Gasteiger partial charge in [-0.25, -0.2) is 12.7 Å². The normalized spacial score (nSPS) is 15.7. The lowest BCUT2D eigenvalue weighted by Gasteiger charge is -2.31. The van der Waals surface area contributed by atoms with Gasteiger partial charge in [0.25, 0.3) is 5.91 Å². The van der Waals surface area contributed by atoms with Crippen LogP contribution in [0, 0.1) is 6.92 Å². The van der Waals surface area contributed by atoms with Gasteiger partial charge >= 0.3 is 0 Å². The molecule has 3 rings (SSSR count). The average molecular weight is 465 g/mol. The number of nitrogens with zero attached hydrogens (tertiary/aromatic N) is 2. The van der Waals surface area contributed by atoms with Crippen molar-refractivity contribution in [1.82, 2.24) is 14.5 Å². The van der Waals surface area contributed by atoms with E-state index in [9.17, 15) is 18.0 Å². The number of carbonyl (C=O) groups is 2. The van der Waals surface area contributed by atoms with Crippen molar-refractivity contribution >= 4 is 38.9 Å². The molecule has 2 amide bonds. The molecule has 1 aliphatic rings. The SMILES string of the molecule is Cc1ccc(C(=O)NC2CCN(CC(=O)Nc3cccc(S(=O)(=O)N(C)C)c3)CC2)s1. The number of thiophene rings is 1. The van der Waals surface area contributed by atoms with Gasteiger partial charge in [0.15, 0.2) is 0 Å². The van der Waals surface area contributed by atoms with Crippen molar-refractivity contribution in [1.29, 1.82) is 0 Å². The summed E-state index contributed by atoms with van der Waals surface area (Å²) in [6, 6.07) is 10.1. The lowest BCUT2D eigenvalue weighted by molar-refractivity contribution is -0.117. The van der Waals surface area contributed by atoms with Gasteiger partial charge in [-0.1, -0.05) is 6.07 Å². The van der Waals surface area contributed by atoms with E-state index in [4.69, 9.17) is 0 Å². The van der Waals surface area contributed by atoms with Crippen molar-refractivity contribution in [3.05, 3.63) is 46.2 Å². The number of sulfonamides is 1. The Bertz CT molecular complexity index is 1040. The second kappa shape index (κ2) is 9.90. The zero-order valence-electron chi connectivity index (χ0n) is 17.9. The van der Waals surface area contributed by atoms with Gasteiger partial charge in [-0.05, 0) is 50.1 Å². The van der Waals surface area contributed by atoms with Gasteiger partial charge < -0.3 is 10.6 Å². The minimum absolute atomic E-state index is 0.0400. The highest BCUT2D eigenvalue weighted by atomic mass is 32.2. The molecule has 1 fully saturated rings. The van der Waals surface area contributed by atoms with Gasteiger partial charge in [-0.15, -0.1) is 11.3 Å². The molecule has 0 radical (unpaired) electrons. The molecule has 8 nitrogen and oxygen atoms in total. The van der Waals surface area contributed by atoms with Crippen molar-refractivity contribution in [2.24, 2.45) is 0 Å². The Hall–Kier alpha value is -2.27. The summed E-state index contributed by atoms with van der Waals surface area (Å²) in [5.41, 5.74) is 0.446. The van der Waals surface area contributed by atoms with Crippen LogP contribution in [-0.2, 0) is 14.8 Å². The summed E-state index contributed by atoms with van der Waals surface area (Å²) in [6.45, 7) is 3.60. The molecule has 0 bridgehead atoms. The third-order valence-corrected chi connectivity index (χ3v) is 7.96. The predicted molar refractivity (Wildman–Crippen MR) is 122 cm³/mol. The van der Waals surface area contributed by atoms with Gasteiger partial charge in [0.05, 0.1) is 16.3 Å². The van der Waals surface area contributed by atoms with Crippen LogP contribution in [0.3, 0.4) is 0 Å². The molecule has 31 heavy (non-hydrogen) atoms. The topological polar surface area (TPSA) is 98.8 Å². The summed E-state index contributed by atoms with van der Waals surface area (Å²) in [7, 11) is -0.627. The summed E-state index contributed by atoms with van der Waals surface area (Å²) < 4.78 is 25.7. The number of piperidine rings is 1. The van der Waals surface area contributed by atoms with Crippen LogP contribution >= 0.6 is 11.3 Å². The fraction of sp³-hybridized carbons (Fsp3) is 0.429. The van der Waals surface area contributed by atoms with E-state index in [1.807, 2.05) is 24.0 Å². The van der Waals surface area contributed by atoms with E-state index >= 15 is 0 Å². The van der Waals surface area contributed by atoms with Crippen molar-refractivity contribution in [3.8, 4) is 0 Å². The molecule has 2 aromatic rings. The number of rotatable bonds is 7. The van der Waals surface area contributed by atoms with Gasteiger partial charge in [0, 0.05) is 43.8 Å². The number of hydrogen-bond donors (Lipinski definition) is 2. The van der Waals surface area contributed by atoms with Crippen molar-refractivity contribution in [2.45, 2.75) is 30.7 Å². The molecule has 1 aromatic carbocycles. The molecule has 0 unspecified atom stereocenters. The van der Waals surface area contributed by atoms with Crippen molar-refractivity contribution < 1.29 is 18.0 Å². The molecule has 10 heteroatoms. The zero-order valence-corrected chi connectivity index (χ0v) is 19.6. The maximum atomic E-state index is 12.4. The minimum atomic E-state index is -3.56. The van der Waals surface area contributed by atoms with Crippen LogP contribution in [0.2, 0.25) is 0 Å². The predicted octanol–water partition coefficient (Wildman–Crippen LogP) is 2.14. The Balaban J connectivity index is 1.48. The molecule has 168 valence electrons. The summed E-state index contributed by atoms with van der Waals surface area (Å²) in [6.07, 6.45) is 1.56. The van der Waals surface area contributed by atoms with E-state index in [1.54, 1.807) is 12.1 Å². The standard InChI is InChI=1S/C21H28N4O4S2/c1-15-7-8-19(30-15)21(27)23-16-9-11-25(12-10-16)14-20(26)22-17-5-4-6-18(13-17)31(28,29)24(2)3/h4-8,13,16H,9-12,14H2,1-3H3,(H,22,26)(H,23,27). The Morgan fingerprint density at radius 3 is 2.48 bits per heavy atom. The first-order valence-corrected chi connectivity index (χ1v) is 12.3. The first-order chi connectivity index (χ1) is 14.6. The van der Waals surface area contributed by atoms with Crippen LogP contribution in [0.25, 0.3) is 0 Å². The van der Waals surface area contributed by atoms with Gasteiger partial charge in [-0.2, -0.15) is 0 Å². The molecular formula is C21H28N4O4S2. The largest absolute Gasteiger partial charge is 0.349 e. The smallest absolute Gasteiger partial charge is 0.261 e. The van der Waals surface area contributed by atoms with E-state index in [-0.39, 0.29) is 29.3 Å². The molecule has 2 heterocycles. The van der Waals surface area contributed by atoms with Crippen LogP contribution in [0.1, 0.15) is 27.4 Å². The number of aryl methyl sites for hydroxylation is 1. The van der Waals surface area contributed by atoms with Gasteiger partial charge in [0.2, 0.25) is 15.9 Å². The quantitative estimate of drug-likeness (QED) is 0.654. The highest BCUT2D eigenvalue weighted by Gasteiger charge is 2.23. The maximum absolute atomic E-state index is 12.4. The zero-order chi connectivity index (χ0) is 22.6. The van der Waals surface area contributed by atoms with Crippen molar-refractivity contribution in [3.63, 3.8) is 0 Å². The molecule has 1 aromatic heterocycles. The first kappa shape index (κ1) is 23.4. The Morgan fingerprint density at radius 2 is 1.87 bits per heavy atom. The second-order valence-electron chi connectivity index (χ2n) is 7.80. The number of hydrogen-bond acceptors (Lipinski definition) is 6. The number of likely N-dealkylation sites (tertiary alicyclic amines) is 1. The van der Waals surface area contributed by atoms with Gasteiger partial charge in [0.1, 0.15) is 0 Å².